The van der Waals surface area contributed by atoms with Crippen molar-refractivity contribution >= 4 is 5.91 Å². The van der Waals surface area contributed by atoms with E-state index < -0.39 is 11.7 Å². The number of nitrogens with two attached hydrogens (primary N) is 1. The van der Waals surface area contributed by atoms with Crippen molar-refractivity contribution < 1.29 is 9.18 Å². The minimum atomic E-state index is -0.724. The second-order valence-corrected chi connectivity index (χ2v) is 3.78. The summed E-state index contributed by atoms with van der Waals surface area (Å²) in [6.07, 6.45) is 0.802. The fourth-order valence-electron chi connectivity index (χ4n) is 1.36. The number of hydrogen-bond acceptors (Lipinski definition) is 1. The molecule has 1 amide bonds. The highest BCUT2D eigenvalue weighted by Gasteiger charge is 2.08. The first-order valence-electron chi connectivity index (χ1n) is 4.59. The normalized spacial score (nSPS) is 10.6. The lowest BCUT2D eigenvalue weighted by Gasteiger charge is -2.06. The van der Waals surface area contributed by atoms with Gasteiger partial charge in [-0.15, -0.1) is 0 Å². The van der Waals surface area contributed by atoms with Gasteiger partial charge in [0.1, 0.15) is 5.82 Å². The topological polar surface area (TPSA) is 43.1 Å². The van der Waals surface area contributed by atoms with Crippen molar-refractivity contribution in [3.63, 3.8) is 0 Å². The number of amides is 1. The Hall–Kier alpha value is -1.38. The third kappa shape index (κ3) is 2.55. The number of carbonyl (C=O) groups is 1. The van der Waals surface area contributed by atoms with Crippen molar-refractivity contribution in [1.82, 2.24) is 0 Å². The molecule has 0 radical (unpaired) electrons. The Morgan fingerprint density at radius 2 is 2.14 bits per heavy atom. The quantitative estimate of drug-likeness (QED) is 0.788. The van der Waals surface area contributed by atoms with Crippen molar-refractivity contribution in [3.05, 3.63) is 35.1 Å². The monoisotopic (exact) mass is 195 g/mol. The van der Waals surface area contributed by atoms with Crippen LogP contribution in [0, 0.1) is 11.7 Å². The van der Waals surface area contributed by atoms with Crippen molar-refractivity contribution in [2.24, 2.45) is 11.7 Å². The predicted octanol–water partition coefficient (Wildman–Crippen LogP) is 2.12. The highest BCUT2D eigenvalue weighted by Crippen LogP contribution is 2.13. The molecule has 2 nitrogen and oxygen atoms in total. The van der Waals surface area contributed by atoms with E-state index in [-0.39, 0.29) is 5.56 Å². The van der Waals surface area contributed by atoms with E-state index in [9.17, 15) is 9.18 Å². The third-order valence-electron chi connectivity index (χ3n) is 1.94. The van der Waals surface area contributed by atoms with Crippen LogP contribution in [0.2, 0.25) is 0 Å². The Morgan fingerprint density at radius 3 is 2.57 bits per heavy atom. The highest BCUT2D eigenvalue weighted by atomic mass is 19.1. The predicted molar refractivity (Wildman–Crippen MR) is 53.5 cm³/mol. The fourth-order valence-corrected chi connectivity index (χ4v) is 1.36. The second kappa shape index (κ2) is 4.22. The van der Waals surface area contributed by atoms with Gasteiger partial charge in [-0.25, -0.2) is 4.39 Å². The number of hydrogen-bond donors (Lipinski definition) is 1. The first-order chi connectivity index (χ1) is 6.50. The molecule has 0 aromatic heterocycles. The van der Waals surface area contributed by atoms with Gasteiger partial charge >= 0.3 is 0 Å². The average molecular weight is 195 g/mol. The summed E-state index contributed by atoms with van der Waals surface area (Å²) in [6.45, 7) is 4.11. The minimum absolute atomic E-state index is 0.0440. The molecular formula is C11H14FNO. The molecule has 0 aliphatic carbocycles. The Balaban J connectivity index is 2.94. The first-order valence-corrected chi connectivity index (χ1v) is 4.59. The zero-order valence-electron chi connectivity index (χ0n) is 8.38. The van der Waals surface area contributed by atoms with Gasteiger partial charge < -0.3 is 5.73 Å². The summed E-state index contributed by atoms with van der Waals surface area (Å²) in [5, 5.41) is 0. The zero-order valence-corrected chi connectivity index (χ0v) is 8.38. The average Bonchev–Trinajstić information content (AvgIpc) is 2.01. The molecule has 0 saturated heterocycles. The van der Waals surface area contributed by atoms with E-state index in [4.69, 9.17) is 5.73 Å². The molecule has 3 heteroatoms. The van der Waals surface area contributed by atoms with E-state index in [1.165, 1.54) is 12.1 Å². The molecule has 14 heavy (non-hydrogen) atoms. The minimum Gasteiger partial charge on any atom is -0.366 e. The van der Waals surface area contributed by atoms with E-state index in [0.29, 0.717) is 5.92 Å². The summed E-state index contributed by atoms with van der Waals surface area (Å²) < 4.78 is 13.3. The van der Waals surface area contributed by atoms with Crippen LogP contribution in [0.4, 0.5) is 4.39 Å². The summed E-state index contributed by atoms with van der Waals surface area (Å²) in [7, 11) is 0. The smallest absolute Gasteiger partial charge is 0.251 e. The van der Waals surface area contributed by atoms with Gasteiger partial charge in [-0.3, -0.25) is 4.79 Å². The molecule has 0 saturated carbocycles. The molecule has 0 aliphatic heterocycles. The van der Waals surface area contributed by atoms with Crippen molar-refractivity contribution in [1.29, 1.82) is 0 Å². The SMILES string of the molecule is CC(C)Cc1ccc(C(N)=O)c(F)c1. The van der Waals surface area contributed by atoms with Crippen LogP contribution in [-0.4, -0.2) is 5.91 Å². The molecular weight excluding hydrogens is 181 g/mol. The van der Waals surface area contributed by atoms with Gasteiger partial charge in [0.2, 0.25) is 0 Å². The number of carbonyl (C=O) groups excluding carboxylic acids is 1. The maximum Gasteiger partial charge on any atom is 0.251 e. The van der Waals surface area contributed by atoms with Crippen LogP contribution in [-0.2, 0) is 6.42 Å². The van der Waals surface area contributed by atoms with Crippen molar-refractivity contribution in [2.75, 3.05) is 0 Å². The molecule has 0 fully saturated rings. The van der Waals surface area contributed by atoms with Crippen LogP contribution in [0.15, 0.2) is 18.2 Å². The first kappa shape index (κ1) is 10.7. The molecule has 0 bridgehead atoms. The molecule has 0 spiro atoms. The van der Waals surface area contributed by atoms with Crippen LogP contribution in [0.1, 0.15) is 29.8 Å². The maximum atomic E-state index is 13.3. The summed E-state index contributed by atoms with van der Waals surface area (Å²) in [5.74, 6) is -0.789. The van der Waals surface area contributed by atoms with Gasteiger partial charge in [0, 0.05) is 0 Å². The second-order valence-electron chi connectivity index (χ2n) is 3.78. The largest absolute Gasteiger partial charge is 0.366 e. The molecule has 2 N–H and O–H groups in total. The van der Waals surface area contributed by atoms with E-state index in [2.05, 4.69) is 13.8 Å². The van der Waals surface area contributed by atoms with Gasteiger partial charge in [-0.1, -0.05) is 19.9 Å². The summed E-state index contributed by atoms with van der Waals surface area (Å²) in [6, 6.07) is 4.55. The lowest BCUT2D eigenvalue weighted by molar-refractivity contribution is 0.0996. The van der Waals surface area contributed by atoms with E-state index >= 15 is 0 Å². The van der Waals surface area contributed by atoms with E-state index in [1.807, 2.05) is 0 Å². The Morgan fingerprint density at radius 1 is 1.50 bits per heavy atom. The Kier molecular flexibility index (Phi) is 3.23. The van der Waals surface area contributed by atoms with Crippen LogP contribution in [0.3, 0.4) is 0 Å². The Bertz CT molecular complexity index is 347. The highest BCUT2D eigenvalue weighted by molar-refractivity contribution is 5.93. The zero-order chi connectivity index (χ0) is 10.7. The van der Waals surface area contributed by atoms with E-state index in [0.717, 1.165) is 12.0 Å². The number of halogens is 1. The van der Waals surface area contributed by atoms with Crippen LogP contribution in [0.25, 0.3) is 0 Å². The summed E-state index contributed by atoms with van der Waals surface area (Å²) in [4.78, 5) is 10.7. The maximum absolute atomic E-state index is 13.3. The van der Waals surface area contributed by atoms with Crippen molar-refractivity contribution in [2.45, 2.75) is 20.3 Å². The van der Waals surface area contributed by atoms with Crippen LogP contribution in [0.5, 0.6) is 0 Å². The molecule has 76 valence electrons. The molecule has 0 aliphatic rings. The number of rotatable bonds is 3. The summed E-state index contributed by atoms with van der Waals surface area (Å²) >= 11 is 0. The van der Waals surface area contributed by atoms with Gasteiger partial charge in [-0.2, -0.15) is 0 Å². The molecule has 1 rings (SSSR count). The summed E-state index contributed by atoms with van der Waals surface area (Å²) in [5.41, 5.74) is 5.83. The number of benzene rings is 1. The van der Waals surface area contributed by atoms with Gasteiger partial charge in [0.15, 0.2) is 0 Å². The molecule has 0 heterocycles. The van der Waals surface area contributed by atoms with Gasteiger partial charge in [0.25, 0.3) is 5.91 Å². The van der Waals surface area contributed by atoms with Gasteiger partial charge in [-0.05, 0) is 30.0 Å². The molecule has 1 aromatic carbocycles. The molecule has 0 atom stereocenters. The standard InChI is InChI=1S/C11H14FNO/c1-7(2)5-8-3-4-9(11(13)14)10(12)6-8/h3-4,6-7H,5H2,1-2H3,(H2,13,14). The third-order valence-corrected chi connectivity index (χ3v) is 1.94. The Labute approximate surface area is 82.9 Å². The van der Waals surface area contributed by atoms with Crippen LogP contribution < -0.4 is 5.73 Å². The van der Waals surface area contributed by atoms with Gasteiger partial charge in [0.05, 0.1) is 5.56 Å². The fraction of sp³-hybridized carbons (Fsp3) is 0.364. The van der Waals surface area contributed by atoms with Crippen molar-refractivity contribution in [3.8, 4) is 0 Å². The lowest BCUT2D eigenvalue weighted by Crippen LogP contribution is -2.13. The number of primary amides is 1. The molecule has 1 aromatic rings. The molecule has 0 unspecified atom stereocenters. The lowest BCUT2D eigenvalue weighted by atomic mass is 10.0. The van der Waals surface area contributed by atoms with Crippen LogP contribution >= 0.6 is 0 Å². The van der Waals surface area contributed by atoms with E-state index in [1.54, 1.807) is 6.07 Å².